The van der Waals surface area contributed by atoms with Crippen LogP contribution < -0.4 is 0 Å². The second kappa shape index (κ2) is 8.22. The molecule has 0 bridgehead atoms. The first kappa shape index (κ1) is 11.1. The van der Waals surface area contributed by atoms with Gasteiger partial charge in [-0.1, -0.05) is 0 Å². The van der Waals surface area contributed by atoms with Crippen LogP contribution in [0.2, 0.25) is 6.55 Å². The summed E-state index contributed by atoms with van der Waals surface area (Å²) in [7, 11) is -1.57. The maximum atomic E-state index is 8.19. The molecular weight excluding hydrogens is 172 g/mol. The molecule has 0 heterocycles. The van der Waals surface area contributed by atoms with Crippen molar-refractivity contribution in [2.75, 3.05) is 13.2 Å². The molecule has 0 atom stereocenters. The van der Waals surface area contributed by atoms with Gasteiger partial charge in [0.15, 0.2) is 0 Å². The van der Waals surface area contributed by atoms with E-state index in [4.69, 9.17) is 19.4 Å². The fourth-order valence-electron chi connectivity index (χ4n) is 0.589. The molecule has 0 unspecified atom stereocenters. The SMILES string of the molecule is C[SiH](OCCC#N)OCCC#N. The molecule has 0 rings (SSSR count). The van der Waals surface area contributed by atoms with Crippen molar-refractivity contribution in [2.24, 2.45) is 0 Å². The van der Waals surface area contributed by atoms with E-state index in [1.807, 2.05) is 18.7 Å². The first-order valence-electron chi connectivity index (χ1n) is 3.78. The molecule has 0 aliphatic heterocycles. The summed E-state index contributed by atoms with van der Waals surface area (Å²) < 4.78 is 10.4. The highest BCUT2D eigenvalue weighted by Crippen LogP contribution is 1.91. The molecule has 0 saturated heterocycles. The highest BCUT2D eigenvalue weighted by Gasteiger charge is 2.03. The van der Waals surface area contributed by atoms with E-state index in [0.29, 0.717) is 26.1 Å². The Hall–Kier alpha value is -0.883. The quantitative estimate of drug-likeness (QED) is 0.450. The minimum atomic E-state index is -1.57. The van der Waals surface area contributed by atoms with Crippen molar-refractivity contribution in [2.45, 2.75) is 19.4 Å². The van der Waals surface area contributed by atoms with E-state index < -0.39 is 9.28 Å². The van der Waals surface area contributed by atoms with Crippen LogP contribution in [0.25, 0.3) is 0 Å². The second-order valence-corrected chi connectivity index (χ2v) is 3.93. The number of nitrogens with zero attached hydrogens (tertiary/aromatic N) is 2. The predicted molar refractivity (Wildman–Crippen MR) is 45.4 cm³/mol. The van der Waals surface area contributed by atoms with E-state index in [0.717, 1.165) is 0 Å². The smallest absolute Gasteiger partial charge is 0.318 e. The summed E-state index contributed by atoms with van der Waals surface area (Å²) >= 11 is 0. The Morgan fingerprint density at radius 3 is 1.83 bits per heavy atom. The largest absolute Gasteiger partial charge is 0.396 e. The molecule has 12 heavy (non-hydrogen) atoms. The van der Waals surface area contributed by atoms with Crippen LogP contribution in [0, 0.1) is 22.7 Å². The summed E-state index contributed by atoms with van der Waals surface area (Å²) in [6.07, 6.45) is 0.803. The van der Waals surface area contributed by atoms with Gasteiger partial charge in [-0.05, 0) is 6.55 Å². The lowest BCUT2D eigenvalue weighted by Gasteiger charge is -2.09. The minimum Gasteiger partial charge on any atom is -0.396 e. The van der Waals surface area contributed by atoms with Gasteiger partial charge in [-0.3, -0.25) is 0 Å². The topological polar surface area (TPSA) is 66.0 Å². The molecule has 0 saturated carbocycles. The van der Waals surface area contributed by atoms with Crippen LogP contribution in [0.15, 0.2) is 0 Å². The van der Waals surface area contributed by atoms with Crippen molar-refractivity contribution in [3.05, 3.63) is 0 Å². The molecule has 66 valence electrons. The Bertz CT molecular complexity index is 165. The van der Waals surface area contributed by atoms with E-state index >= 15 is 0 Å². The van der Waals surface area contributed by atoms with Crippen LogP contribution in [0.5, 0.6) is 0 Å². The third kappa shape index (κ3) is 7.23. The van der Waals surface area contributed by atoms with Gasteiger partial charge in [0, 0.05) is 13.2 Å². The Labute approximate surface area is 74.2 Å². The van der Waals surface area contributed by atoms with Gasteiger partial charge in [0.1, 0.15) is 0 Å². The van der Waals surface area contributed by atoms with Crippen LogP contribution in [-0.4, -0.2) is 22.5 Å². The Balaban J connectivity index is 3.18. The maximum Gasteiger partial charge on any atom is 0.318 e. The normalized spacial score (nSPS) is 9.33. The van der Waals surface area contributed by atoms with E-state index in [-0.39, 0.29) is 0 Å². The zero-order chi connectivity index (χ0) is 9.23. The van der Waals surface area contributed by atoms with E-state index in [9.17, 15) is 0 Å². The zero-order valence-corrected chi connectivity index (χ0v) is 8.27. The highest BCUT2D eigenvalue weighted by atomic mass is 28.3. The van der Waals surface area contributed by atoms with E-state index in [1.54, 1.807) is 0 Å². The molecule has 0 aromatic carbocycles. The average molecular weight is 184 g/mol. The molecule has 0 fully saturated rings. The van der Waals surface area contributed by atoms with Gasteiger partial charge in [-0.25, -0.2) is 0 Å². The van der Waals surface area contributed by atoms with Gasteiger partial charge in [0.05, 0.1) is 25.0 Å². The molecule has 0 radical (unpaired) electrons. The molecule has 0 aromatic heterocycles. The summed E-state index contributed by atoms with van der Waals surface area (Å²) in [6, 6.07) is 3.96. The summed E-state index contributed by atoms with van der Waals surface area (Å²) in [5, 5.41) is 16.4. The monoisotopic (exact) mass is 184 g/mol. The summed E-state index contributed by atoms with van der Waals surface area (Å²) in [5.74, 6) is 0. The van der Waals surface area contributed by atoms with Gasteiger partial charge in [0.2, 0.25) is 0 Å². The molecule has 0 aliphatic rings. The molecule has 0 aromatic rings. The maximum absolute atomic E-state index is 8.19. The standard InChI is InChI=1S/C7H12N2O2Si/c1-12(10-6-2-4-8)11-7-3-5-9/h12H,2-3,6-7H2,1H3. The second-order valence-electron chi connectivity index (χ2n) is 2.13. The lowest BCUT2D eigenvalue weighted by molar-refractivity contribution is 0.209. The Morgan fingerprint density at radius 2 is 1.50 bits per heavy atom. The van der Waals surface area contributed by atoms with Gasteiger partial charge in [-0.2, -0.15) is 10.5 Å². The lowest BCUT2D eigenvalue weighted by Crippen LogP contribution is -2.19. The van der Waals surface area contributed by atoms with Crippen molar-refractivity contribution >= 4 is 9.28 Å². The van der Waals surface area contributed by atoms with Crippen molar-refractivity contribution in [1.29, 1.82) is 10.5 Å². The van der Waals surface area contributed by atoms with E-state index in [2.05, 4.69) is 0 Å². The van der Waals surface area contributed by atoms with Crippen molar-refractivity contribution in [1.82, 2.24) is 0 Å². The fourth-order valence-corrected chi connectivity index (χ4v) is 1.58. The molecule has 0 amide bonds. The molecule has 0 spiro atoms. The molecule has 5 heteroatoms. The number of nitriles is 2. The fraction of sp³-hybridized carbons (Fsp3) is 0.714. The number of hydrogen-bond donors (Lipinski definition) is 0. The first-order chi connectivity index (χ1) is 5.81. The molecule has 0 aliphatic carbocycles. The third-order valence-corrected chi connectivity index (χ3v) is 2.54. The Morgan fingerprint density at radius 1 is 1.08 bits per heavy atom. The van der Waals surface area contributed by atoms with Crippen LogP contribution in [0.3, 0.4) is 0 Å². The summed E-state index contributed by atoms with van der Waals surface area (Å²) in [5.41, 5.74) is 0. The van der Waals surface area contributed by atoms with Crippen LogP contribution in [0.4, 0.5) is 0 Å². The molecule has 0 N–H and O–H groups in total. The summed E-state index contributed by atoms with van der Waals surface area (Å²) in [4.78, 5) is 0. The van der Waals surface area contributed by atoms with Crippen molar-refractivity contribution in [3.63, 3.8) is 0 Å². The molecule has 4 nitrogen and oxygen atoms in total. The predicted octanol–water partition coefficient (Wildman–Crippen LogP) is 0.697. The van der Waals surface area contributed by atoms with Crippen LogP contribution >= 0.6 is 0 Å². The van der Waals surface area contributed by atoms with Crippen LogP contribution in [0.1, 0.15) is 12.8 Å². The lowest BCUT2D eigenvalue weighted by atomic mass is 10.5. The van der Waals surface area contributed by atoms with Crippen molar-refractivity contribution in [3.8, 4) is 12.1 Å². The van der Waals surface area contributed by atoms with Gasteiger partial charge >= 0.3 is 9.28 Å². The van der Waals surface area contributed by atoms with Gasteiger partial charge < -0.3 is 8.85 Å². The first-order valence-corrected chi connectivity index (χ1v) is 5.88. The number of hydrogen-bond acceptors (Lipinski definition) is 4. The number of rotatable bonds is 6. The average Bonchev–Trinajstić information content (AvgIpc) is 2.06. The third-order valence-electron chi connectivity index (χ3n) is 1.13. The minimum absolute atomic E-state index is 0.402. The van der Waals surface area contributed by atoms with E-state index in [1.165, 1.54) is 0 Å². The Kier molecular flexibility index (Phi) is 7.61. The van der Waals surface area contributed by atoms with Crippen molar-refractivity contribution < 1.29 is 8.85 Å². The zero-order valence-electron chi connectivity index (χ0n) is 7.12. The highest BCUT2D eigenvalue weighted by molar-refractivity contribution is 6.42. The van der Waals surface area contributed by atoms with Crippen LogP contribution in [-0.2, 0) is 8.85 Å². The van der Waals surface area contributed by atoms with Gasteiger partial charge in [-0.15, -0.1) is 0 Å². The van der Waals surface area contributed by atoms with Gasteiger partial charge in [0.25, 0.3) is 0 Å². The molecular formula is C7H12N2O2Si. The summed E-state index contributed by atoms with van der Waals surface area (Å²) in [6.45, 7) is 2.77.